The maximum atomic E-state index is 12.3. The van der Waals surface area contributed by atoms with E-state index in [-0.39, 0.29) is 5.91 Å². The Morgan fingerprint density at radius 3 is 2.70 bits per heavy atom. The number of thioether (sulfide) groups is 1. The van der Waals surface area contributed by atoms with Gasteiger partial charge in [-0.2, -0.15) is 11.8 Å². The van der Waals surface area contributed by atoms with E-state index in [1.807, 2.05) is 42.1 Å². The van der Waals surface area contributed by atoms with Crippen LogP contribution >= 0.6 is 11.8 Å². The Balaban J connectivity index is 1.64. The lowest BCUT2D eigenvalue weighted by atomic mass is 9.95. The SMILES string of the molecule is CSC1CCC(NC(=O)c2cc3ccccc3[nH]2)CC1. The fraction of sp³-hybridized carbons (Fsp3) is 0.438. The van der Waals surface area contributed by atoms with Gasteiger partial charge < -0.3 is 10.3 Å². The van der Waals surface area contributed by atoms with E-state index in [1.165, 1.54) is 12.8 Å². The summed E-state index contributed by atoms with van der Waals surface area (Å²) in [5.74, 6) is 0.0220. The van der Waals surface area contributed by atoms with Crippen LogP contribution in [0.3, 0.4) is 0 Å². The topological polar surface area (TPSA) is 44.9 Å². The van der Waals surface area contributed by atoms with E-state index >= 15 is 0 Å². The molecule has 3 rings (SSSR count). The second-order valence-electron chi connectivity index (χ2n) is 5.45. The Hall–Kier alpha value is -1.42. The number of aromatic nitrogens is 1. The number of hydrogen-bond acceptors (Lipinski definition) is 2. The molecule has 2 aromatic rings. The van der Waals surface area contributed by atoms with Gasteiger partial charge in [-0.25, -0.2) is 0 Å². The van der Waals surface area contributed by atoms with Crippen molar-refractivity contribution in [1.29, 1.82) is 0 Å². The van der Waals surface area contributed by atoms with E-state index in [1.54, 1.807) is 0 Å². The lowest BCUT2D eigenvalue weighted by Crippen LogP contribution is -2.38. The van der Waals surface area contributed by atoms with E-state index in [0.717, 1.165) is 29.0 Å². The van der Waals surface area contributed by atoms with Crippen molar-refractivity contribution < 1.29 is 4.79 Å². The van der Waals surface area contributed by atoms with E-state index in [0.29, 0.717) is 11.7 Å². The number of fused-ring (bicyclic) bond motifs is 1. The van der Waals surface area contributed by atoms with E-state index in [4.69, 9.17) is 0 Å². The zero-order valence-corrected chi connectivity index (χ0v) is 12.5. The minimum Gasteiger partial charge on any atom is -0.351 e. The molecule has 106 valence electrons. The smallest absolute Gasteiger partial charge is 0.267 e. The van der Waals surface area contributed by atoms with Crippen LogP contribution in [0.2, 0.25) is 0 Å². The number of nitrogens with one attached hydrogen (secondary N) is 2. The molecule has 0 atom stereocenters. The first-order chi connectivity index (χ1) is 9.76. The summed E-state index contributed by atoms with van der Waals surface area (Å²) in [6.45, 7) is 0. The lowest BCUT2D eigenvalue weighted by molar-refractivity contribution is 0.0924. The minimum atomic E-state index is 0.0220. The summed E-state index contributed by atoms with van der Waals surface area (Å²) < 4.78 is 0. The maximum absolute atomic E-state index is 12.3. The number of amides is 1. The predicted molar refractivity (Wildman–Crippen MR) is 85.3 cm³/mol. The Bertz CT molecular complexity index is 566. The number of hydrogen-bond donors (Lipinski definition) is 2. The average Bonchev–Trinajstić information content (AvgIpc) is 2.92. The second-order valence-corrected chi connectivity index (χ2v) is 6.59. The fourth-order valence-corrected chi connectivity index (χ4v) is 3.65. The van der Waals surface area contributed by atoms with Crippen LogP contribution < -0.4 is 5.32 Å². The van der Waals surface area contributed by atoms with Gasteiger partial charge in [0.2, 0.25) is 0 Å². The molecule has 0 radical (unpaired) electrons. The maximum Gasteiger partial charge on any atom is 0.267 e. The molecule has 1 fully saturated rings. The van der Waals surface area contributed by atoms with Crippen molar-refractivity contribution in [2.24, 2.45) is 0 Å². The zero-order chi connectivity index (χ0) is 13.9. The molecule has 1 aliphatic rings. The van der Waals surface area contributed by atoms with Crippen molar-refractivity contribution >= 4 is 28.6 Å². The molecule has 1 saturated carbocycles. The molecule has 4 heteroatoms. The van der Waals surface area contributed by atoms with Crippen molar-refractivity contribution in [1.82, 2.24) is 10.3 Å². The van der Waals surface area contributed by atoms with Gasteiger partial charge in [0.15, 0.2) is 0 Å². The third kappa shape index (κ3) is 2.85. The van der Waals surface area contributed by atoms with Crippen molar-refractivity contribution in [3.05, 3.63) is 36.0 Å². The molecule has 1 heterocycles. The summed E-state index contributed by atoms with van der Waals surface area (Å²) in [7, 11) is 0. The largest absolute Gasteiger partial charge is 0.351 e. The van der Waals surface area contributed by atoms with Crippen LogP contribution in [0.4, 0.5) is 0 Å². The molecule has 0 bridgehead atoms. The Labute approximate surface area is 123 Å². The summed E-state index contributed by atoms with van der Waals surface area (Å²) >= 11 is 1.95. The van der Waals surface area contributed by atoms with Crippen molar-refractivity contribution in [3.63, 3.8) is 0 Å². The molecule has 1 aromatic heterocycles. The molecule has 0 aliphatic heterocycles. The summed E-state index contributed by atoms with van der Waals surface area (Å²) in [6.07, 6.45) is 6.78. The van der Waals surface area contributed by atoms with Crippen LogP contribution in [0.1, 0.15) is 36.2 Å². The third-order valence-corrected chi connectivity index (χ3v) is 5.26. The van der Waals surface area contributed by atoms with Gasteiger partial charge in [0.25, 0.3) is 5.91 Å². The first kappa shape index (κ1) is 13.6. The van der Waals surface area contributed by atoms with Crippen LogP contribution in [-0.4, -0.2) is 28.4 Å². The van der Waals surface area contributed by atoms with Gasteiger partial charge in [-0.15, -0.1) is 0 Å². The van der Waals surface area contributed by atoms with Crippen LogP contribution in [0.15, 0.2) is 30.3 Å². The van der Waals surface area contributed by atoms with Gasteiger partial charge in [0, 0.05) is 22.2 Å². The van der Waals surface area contributed by atoms with Crippen LogP contribution in [-0.2, 0) is 0 Å². The summed E-state index contributed by atoms with van der Waals surface area (Å²) in [4.78, 5) is 15.5. The van der Waals surface area contributed by atoms with Gasteiger partial charge in [0.05, 0.1) is 0 Å². The first-order valence-electron chi connectivity index (χ1n) is 7.17. The summed E-state index contributed by atoms with van der Waals surface area (Å²) in [5.41, 5.74) is 1.68. The van der Waals surface area contributed by atoms with Crippen LogP contribution in [0, 0.1) is 0 Å². The fourth-order valence-electron chi connectivity index (χ4n) is 2.90. The summed E-state index contributed by atoms with van der Waals surface area (Å²) in [6, 6.07) is 10.2. The van der Waals surface area contributed by atoms with Crippen LogP contribution in [0.5, 0.6) is 0 Å². The van der Waals surface area contributed by atoms with Gasteiger partial charge in [0.1, 0.15) is 5.69 Å². The highest BCUT2D eigenvalue weighted by atomic mass is 32.2. The van der Waals surface area contributed by atoms with Gasteiger partial charge in [-0.3, -0.25) is 4.79 Å². The quantitative estimate of drug-likeness (QED) is 0.907. The molecule has 2 N–H and O–H groups in total. The minimum absolute atomic E-state index is 0.0220. The standard InChI is InChI=1S/C16H20N2OS/c1-20-13-8-6-12(7-9-13)17-16(19)15-10-11-4-2-3-5-14(11)18-15/h2-5,10,12-13,18H,6-9H2,1H3,(H,17,19). The molecule has 3 nitrogen and oxygen atoms in total. The van der Waals surface area contributed by atoms with Crippen molar-refractivity contribution in [3.8, 4) is 0 Å². The molecular formula is C16H20N2OS. The van der Waals surface area contributed by atoms with Gasteiger partial charge in [-0.1, -0.05) is 18.2 Å². The normalized spacial score (nSPS) is 22.9. The Morgan fingerprint density at radius 2 is 2.00 bits per heavy atom. The molecule has 20 heavy (non-hydrogen) atoms. The average molecular weight is 288 g/mol. The lowest BCUT2D eigenvalue weighted by Gasteiger charge is -2.27. The van der Waals surface area contributed by atoms with Crippen molar-refractivity contribution in [2.45, 2.75) is 37.0 Å². The first-order valence-corrected chi connectivity index (χ1v) is 8.46. The number of para-hydroxylation sites is 1. The second kappa shape index (κ2) is 5.92. The molecule has 0 saturated heterocycles. The molecule has 0 unspecified atom stereocenters. The molecule has 1 aromatic carbocycles. The number of carbonyl (C=O) groups excluding carboxylic acids is 1. The monoisotopic (exact) mass is 288 g/mol. The molecule has 1 amide bonds. The van der Waals surface area contributed by atoms with Gasteiger partial charge >= 0.3 is 0 Å². The molecule has 0 spiro atoms. The van der Waals surface area contributed by atoms with Gasteiger partial charge in [-0.05, 0) is 44.1 Å². The van der Waals surface area contributed by atoms with E-state index < -0.39 is 0 Å². The highest BCUT2D eigenvalue weighted by Gasteiger charge is 2.22. The zero-order valence-electron chi connectivity index (χ0n) is 11.7. The van der Waals surface area contributed by atoms with E-state index in [2.05, 4.69) is 16.6 Å². The number of H-pyrrole nitrogens is 1. The number of carbonyl (C=O) groups is 1. The highest BCUT2D eigenvalue weighted by molar-refractivity contribution is 7.99. The number of benzene rings is 1. The van der Waals surface area contributed by atoms with Crippen molar-refractivity contribution in [2.75, 3.05) is 6.26 Å². The Kier molecular flexibility index (Phi) is 4.01. The highest BCUT2D eigenvalue weighted by Crippen LogP contribution is 2.27. The van der Waals surface area contributed by atoms with E-state index in [9.17, 15) is 4.79 Å². The van der Waals surface area contributed by atoms with Crippen LogP contribution in [0.25, 0.3) is 10.9 Å². The molecule has 1 aliphatic carbocycles. The summed E-state index contributed by atoms with van der Waals surface area (Å²) in [5, 5.41) is 5.02. The number of rotatable bonds is 3. The third-order valence-electron chi connectivity index (χ3n) is 4.12. The predicted octanol–water partition coefficient (Wildman–Crippen LogP) is 3.57. The molecular weight excluding hydrogens is 268 g/mol. The number of aromatic amines is 1. The Morgan fingerprint density at radius 1 is 1.25 bits per heavy atom.